The molecular formula is C20H17Cl2NO3. The van der Waals surface area contributed by atoms with Gasteiger partial charge in [0, 0.05) is 16.7 Å². The molecule has 0 saturated heterocycles. The van der Waals surface area contributed by atoms with E-state index in [2.05, 4.69) is 0 Å². The van der Waals surface area contributed by atoms with Crippen LogP contribution in [-0.4, -0.2) is 16.4 Å². The normalized spacial score (nSPS) is 10.8. The fourth-order valence-corrected chi connectivity index (χ4v) is 2.27. The summed E-state index contributed by atoms with van der Waals surface area (Å²) in [7, 11) is 0. The zero-order valence-corrected chi connectivity index (χ0v) is 15.5. The average Bonchev–Trinajstić information content (AvgIpc) is 2.62. The molecule has 0 aromatic heterocycles. The first-order valence-corrected chi connectivity index (χ1v) is 8.30. The molecule has 4 nitrogen and oxygen atoms in total. The van der Waals surface area contributed by atoms with E-state index >= 15 is 0 Å². The summed E-state index contributed by atoms with van der Waals surface area (Å²) in [6, 6.07) is 15.7. The van der Waals surface area contributed by atoms with Gasteiger partial charge in [-0.3, -0.25) is 14.4 Å². The van der Waals surface area contributed by atoms with Gasteiger partial charge in [0.2, 0.25) is 5.91 Å². The second-order valence-electron chi connectivity index (χ2n) is 4.97. The summed E-state index contributed by atoms with van der Waals surface area (Å²) in [5, 5.41) is -1.36. The zero-order valence-electron chi connectivity index (χ0n) is 14.0. The van der Waals surface area contributed by atoms with Gasteiger partial charge >= 0.3 is 0 Å². The first kappa shape index (κ1) is 21.4. The SMILES string of the molecule is CC=CC(=Cc1ccccc1)C(N)=O.O=C(Cl)c1ccccc1C(=O)Cl. The molecule has 0 aliphatic heterocycles. The monoisotopic (exact) mass is 389 g/mol. The molecule has 1 amide bonds. The zero-order chi connectivity index (χ0) is 19.5. The first-order chi connectivity index (χ1) is 12.4. The van der Waals surface area contributed by atoms with Crippen LogP contribution in [0.5, 0.6) is 0 Å². The van der Waals surface area contributed by atoms with Crippen molar-refractivity contribution in [2.75, 3.05) is 0 Å². The quantitative estimate of drug-likeness (QED) is 0.461. The van der Waals surface area contributed by atoms with Gasteiger partial charge in [-0.2, -0.15) is 0 Å². The van der Waals surface area contributed by atoms with Crippen LogP contribution in [0.3, 0.4) is 0 Å². The highest BCUT2D eigenvalue weighted by Gasteiger charge is 2.12. The number of hydrogen-bond donors (Lipinski definition) is 1. The number of rotatable bonds is 5. The van der Waals surface area contributed by atoms with Crippen molar-refractivity contribution in [3.63, 3.8) is 0 Å². The molecular weight excluding hydrogens is 373 g/mol. The van der Waals surface area contributed by atoms with Crippen molar-refractivity contribution in [2.45, 2.75) is 6.92 Å². The van der Waals surface area contributed by atoms with Gasteiger partial charge in [0.05, 0.1) is 0 Å². The van der Waals surface area contributed by atoms with E-state index in [1.165, 1.54) is 12.1 Å². The van der Waals surface area contributed by atoms with Gasteiger partial charge in [-0.25, -0.2) is 0 Å². The Hall–Kier alpha value is -2.69. The predicted molar refractivity (Wildman–Crippen MR) is 105 cm³/mol. The number of primary amides is 1. The molecule has 0 atom stereocenters. The maximum Gasteiger partial charge on any atom is 0.253 e. The van der Waals surface area contributed by atoms with Crippen LogP contribution in [0.1, 0.15) is 33.2 Å². The fourth-order valence-electron chi connectivity index (χ4n) is 1.94. The first-order valence-electron chi connectivity index (χ1n) is 7.54. The minimum atomic E-state index is -0.681. The minimum Gasteiger partial charge on any atom is -0.366 e. The summed E-state index contributed by atoms with van der Waals surface area (Å²) in [5.41, 5.74) is 6.97. The lowest BCUT2D eigenvalue weighted by molar-refractivity contribution is -0.114. The van der Waals surface area contributed by atoms with Gasteiger partial charge in [-0.1, -0.05) is 54.6 Å². The van der Waals surface area contributed by atoms with Crippen LogP contribution in [0.2, 0.25) is 0 Å². The van der Waals surface area contributed by atoms with Gasteiger partial charge in [0.25, 0.3) is 10.5 Å². The lowest BCUT2D eigenvalue weighted by Crippen LogP contribution is -2.12. The molecule has 2 rings (SSSR count). The van der Waals surface area contributed by atoms with E-state index in [0.717, 1.165) is 5.56 Å². The number of hydrogen-bond acceptors (Lipinski definition) is 3. The third kappa shape index (κ3) is 7.05. The van der Waals surface area contributed by atoms with Gasteiger partial charge in [-0.15, -0.1) is 0 Å². The Balaban J connectivity index is 0.000000263. The largest absolute Gasteiger partial charge is 0.366 e. The van der Waals surface area contributed by atoms with Crippen LogP contribution in [0.4, 0.5) is 0 Å². The van der Waals surface area contributed by atoms with Crippen LogP contribution in [0.15, 0.2) is 72.3 Å². The second kappa shape index (κ2) is 11.0. The van der Waals surface area contributed by atoms with Gasteiger partial charge in [-0.05, 0) is 53.9 Å². The molecule has 2 aromatic rings. The molecule has 134 valence electrons. The van der Waals surface area contributed by atoms with E-state index in [-0.39, 0.29) is 11.1 Å². The third-order valence-electron chi connectivity index (χ3n) is 3.10. The lowest BCUT2D eigenvalue weighted by Gasteiger charge is -1.98. The molecule has 6 heteroatoms. The van der Waals surface area contributed by atoms with Crippen molar-refractivity contribution in [1.29, 1.82) is 0 Å². The van der Waals surface area contributed by atoms with Gasteiger partial charge < -0.3 is 5.73 Å². The highest BCUT2D eigenvalue weighted by Crippen LogP contribution is 2.13. The molecule has 0 heterocycles. The van der Waals surface area contributed by atoms with Crippen LogP contribution in [0.25, 0.3) is 6.08 Å². The Labute approximate surface area is 161 Å². The van der Waals surface area contributed by atoms with E-state index in [9.17, 15) is 14.4 Å². The average molecular weight is 390 g/mol. The minimum absolute atomic E-state index is 0.138. The summed E-state index contributed by atoms with van der Waals surface area (Å²) in [5.74, 6) is -0.410. The smallest absolute Gasteiger partial charge is 0.253 e. The lowest BCUT2D eigenvalue weighted by atomic mass is 10.1. The standard InChI is InChI=1S/C12H13NO.C8H4Cl2O2/c1-2-6-11(12(13)14)9-10-7-4-3-5-8-10;9-7(11)5-3-1-2-4-6(5)8(10)12/h2-9H,1H3,(H2,13,14);1-4H. The number of allylic oxidation sites excluding steroid dienone is 1. The molecule has 0 radical (unpaired) electrons. The Kier molecular flexibility index (Phi) is 9.06. The van der Waals surface area contributed by atoms with Crippen LogP contribution >= 0.6 is 23.2 Å². The molecule has 0 bridgehead atoms. The van der Waals surface area contributed by atoms with Gasteiger partial charge in [0.15, 0.2) is 0 Å². The summed E-state index contributed by atoms with van der Waals surface area (Å²) < 4.78 is 0. The molecule has 0 fully saturated rings. The number of carbonyl (C=O) groups is 3. The van der Waals surface area contributed by atoms with Crippen LogP contribution in [0, 0.1) is 0 Å². The summed E-state index contributed by atoms with van der Waals surface area (Å²) in [6.07, 6.45) is 5.26. The molecule has 0 saturated carbocycles. The maximum absolute atomic E-state index is 11.0. The number of amides is 1. The second-order valence-corrected chi connectivity index (χ2v) is 5.65. The number of nitrogens with two attached hydrogens (primary N) is 1. The van der Waals surface area contributed by atoms with Gasteiger partial charge in [0.1, 0.15) is 0 Å². The maximum atomic E-state index is 11.0. The molecule has 0 spiro atoms. The van der Waals surface area contributed by atoms with Crippen molar-refractivity contribution < 1.29 is 14.4 Å². The summed E-state index contributed by atoms with van der Waals surface area (Å²) in [4.78, 5) is 32.4. The highest BCUT2D eigenvalue weighted by molar-refractivity contribution is 6.71. The van der Waals surface area contributed by atoms with Crippen molar-refractivity contribution in [3.8, 4) is 0 Å². The third-order valence-corrected chi connectivity index (χ3v) is 3.51. The van der Waals surface area contributed by atoms with Crippen molar-refractivity contribution >= 4 is 45.7 Å². The molecule has 0 aliphatic rings. The number of benzene rings is 2. The fraction of sp³-hybridized carbons (Fsp3) is 0.0500. The van der Waals surface area contributed by atoms with E-state index < -0.39 is 16.4 Å². The Morgan fingerprint density at radius 2 is 1.31 bits per heavy atom. The topological polar surface area (TPSA) is 77.2 Å². The Bertz CT molecular complexity index is 810. The summed E-state index contributed by atoms with van der Waals surface area (Å²) >= 11 is 10.4. The van der Waals surface area contributed by atoms with Crippen molar-refractivity contribution in [3.05, 3.63) is 89.0 Å². The van der Waals surface area contributed by atoms with Crippen LogP contribution < -0.4 is 5.73 Å². The molecule has 0 aliphatic carbocycles. The van der Waals surface area contributed by atoms with E-state index in [0.29, 0.717) is 5.57 Å². The molecule has 26 heavy (non-hydrogen) atoms. The van der Waals surface area contributed by atoms with Crippen molar-refractivity contribution in [1.82, 2.24) is 0 Å². The van der Waals surface area contributed by atoms with E-state index in [1.54, 1.807) is 30.4 Å². The van der Waals surface area contributed by atoms with Crippen molar-refractivity contribution in [2.24, 2.45) is 5.73 Å². The molecule has 2 N–H and O–H groups in total. The summed E-state index contributed by atoms with van der Waals surface area (Å²) in [6.45, 7) is 1.85. The Morgan fingerprint density at radius 3 is 1.69 bits per heavy atom. The van der Waals surface area contributed by atoms with Crippen LogP contribution in [-0.2, 0) is 4.79 Å². The highest BCUT2D eigenvalue weighted by atomic mass is 35.5. The predicted octanol–water partition coefficient (Wildman–Crippen LogP) is 4.58. The number of carbonyl (C=O) groups excluding carboxylic acids is 3. The molecule has 0 unspecified atom stereocenters. The molecule has 2 aromatic carbocycles. The Morgan fingerprint density at radius 1 is 0.846 bits per heavy atom. The number of halogens is 2. The van der Waals surface area contributed by atoms with E-state index in [1.807, 2.05) is 37.3 Å². The van der Waals surface area contributed by atoms with E-state index in [4.69, 9.17) is 28.9 Å².